The van der Waals surface area contributed by atoms with E-state index in [4.69, 9.17) is 4.74 Å². The Labute approximate surface area is 170 Å². The summed E-state index contributed by atoms with van der Waals surface area (Å²) in [7, 11) is 3.33. The van der Waals surface area contributed by atoms with E-state index in [1.165, 1.54) is 10.9 Å². The number of aromatic amines is 1. The molecule has 3 rings (SSSR count). The first-order valence-electron chi connectivity index (χ1n) is 9.63. The average Bonchev–Trinajstić information content (AvgIpc) is 3.18. The van der Waals surface area contributed by atoms with Gasteiger partial charge in [0.2, 0.25) is 0 Å². The second-order valence-corrected chi connectivity index (χ2v) is 6.52. The van der Waals surface area contributed by atoms with Crippen LogP contribution >= 0.6 is 0 Å². The van der Waals surface area contributed by atoms with E-state index >= 15 is 0 Å². The molecule has 7 heteroatoms. The molecule has 1 aromatic heterocycles. The van der Waals surface area contributed by atoms with Crippen LogP contribution in [0.4, 0.5) is 0 Å². The molecule has 7 nitrogen and oxygen atoms in total. The first kappa shape index (κ1) is 20.3. The molecule has 0 atom stereocenters. The number of methoxy groups -OCH3 is 1. The molecular formula is C22H27N5O2. The van der Waals surface area contributed by atoms with E-state index in [1.54, 1.807) is 38.4 Å². The number of carbonyl (C=O) groups is 1. The van der Waals surface area contributed by atoms with Gasteiger partial charge in [0.15, 0.2) is 5.96 Å². The van der Waals surface area contributed by atoms with Gasteiger partial charge >= 0.3 is 0 Å². The average molecular weight is 393 g/mol. The van der Waals surface area contributed by atoms with E-state index < -0.39 is 0 Å². The number of guanidine groups is 1. The van der Waals surface area contributed by atoms with Gasteiger partial charge in [0.25, 0.3) is 5.91 Å². The van der Waals surface area contributed by atoms with E-state index in [1.807, 2.05) is 12.1 Å². The second kappa shape index (κ2) is 10.2. The minimum Gasteiger partial charge on any atom is -0.497 e. The molecule has 0 aliphatic carbocycles. The number of fused-ring (bicyclic) bond motifs is 1. The lowest BCUT2D eigenvalue weighted by molar-refractivity contribution is 0.0954. The summed E-state index contributed by atoms with van der Waals surface area (Å²) < 4.78 is 5.10. The van der Waals surface area contributed by atoms with Gasteiger partial charge in [-0.2, -0.15) is 0 Å². The molecule has 0 aliphatic rings. The largest absolute Gasteiger partial charge is 0.497 e. The standard InChI is InChI=1S/C22H27N5O2/c1-23-22(25-12-11-17-15-27-20-6-4-3-5-19(17)20)26-14-13-24-21(28)16-7-9-18(29-2)10-8-16/h3-10,15,27H,11-14H2,1-2H3,(H,24,28)(H2,23,25,26). The van der Waals surface area contributed by atoms with Gasteiger partial charge in [0.1, 0.15) is 5.75 Å². The van der Waals surface area contributed by atoms with Crippen LogP contribution in [0.15, 0.2) is 59.7 Å². The minimum absolute atomic E-state index is 0.114. The zero-order chi connectivity index (χ0) is 20.5. The number of rotatable bonds is 8. The van der Waals surface area contributed by atoms with Crippen LogP contribution < -0.4 is 20.7 Å². The third kappa shape index (κ3) is 5.51. The summed E-state index contributed by atoms with van der Waals surface area (Å²) in [5.74, 6) is 1.32. The number of carbonyl (C=O) groups excluding carboxylic acids is 1. The number of hydrogen-bond acceptors (Lipinski definition) is 3. The number of benzene rings is 2. The van der Waals surface area contributed by atoms with Crippen molar-refractivity contribution in [2.75, 3.05) is 33.8 Å². The summed E-state index contributed by atoms with van der Waals surface area (Å²) in [5, 5.41) is 10.6. The van der Waals surface area contributed by atoms with Crippen molar-refractivity contribution in [1.82, 2.24) is 20.9 Å². The van der Waals surface area contributed by atoms with Crippen LogP contribution in [0.1, 0.15) is 15.9 Å². The molecule has 1 amide bonds. The third-order valence-corrected chi connectivity index (χ3v) is 4.64. The van der Waals surface area contributed by atoms with E-state index in [0.29, 0.717) is 24.6 Å². The number of hydrogen-bond donors (Lipinski definition) is 4. The molecule has 4 N–H and O–H groups in total. The smallest absolute Gasteiger partial charge is 0.251 e. The highest BCUT2D eigenvalue weighted by Crippen LogP contribution is 2.17. The Morgan fingerprint density at radius 2 is 1.72 bits per heavy atom. The van der Waals surface area contributed by atoms with Crippen LogP contribution in [-0.4, -0.2) is 50.6 Å². The van der Waals surface area contributed by atoms with E-state index in [2.05, 4.69) is 44.3 Å². The van der Waals surface area contributed by atoms with Gasteiger partial charge in [0, 0.05) is 49.3 Å². The van der Waals surface area contributed by atoms with Gasteiger partial charge in [-0.25, -0.2) is 0 Å². The summed E-state index contributed by atoms with van der Waals surface area (Å²) >= 11 is 0. The summed E-state index contributed by atoms with van der Waals surface area (Å²) in [4.78, 5) is 19.7. The van der Waals surface area contributed by atoms with Gasteiger partial charge < -0.3 is 25.7 Å². The van der Waals surface area contributed by atoms with E-state index in [9.17, 15) is 4.79 Å². The van der Waals surface area contributed by atoms with Crippen molar-refractivity contribution in [3.63, 3.8) is 0 Å². The fourth-order valence-corrected chi connectivity index (χ4v) is 3.08. The number of ether oxygens (including phenoxy) is 1. The normalized spacial score (nSPS) is 11.3. The number of H-pyrrole nitrogens is 1. The SMILES string of the molecule is CN=C(NCCNC(=O)c1ccc(OC)cc1)NCCc1c[nH]c2ccccc12. The van der Waals surface area contributed by atoms with Crippen LogP contribution in [0.2, 0.25) is 0 Å². The highest BCUT2D eigenvalue weighted by molar-refractivity contribution is 5.94. The Kier molecular flexibility index (Phi) is 7.10. The maximum absolute atomic E-state index is 12.1. The minimum atomic E-state index is -0.114. The second-order valence-electron chi connectivity index (χ2n) is 6.52. The van der Waals surface area contributed by atoms with Gasteiger partial charge in [-0.15, -0.1) is 0 Å². The molecule has 29 heavy (non-hydrogen) atoms. The molecule has 1 heterocycles. The highest BCUT2D eigenvalue weighted by atomic mass is 16.5. The summed E-state index contributed by atoms with van der Waals surface area (Å²) in [6, 6.07) is 15.3. The van der Waals surface area contributed by atoms with Crippen molar-refractivity contribution in [2.45, 2.75) is 6.42 Å². The fraction of sp³-hybridized carbons (Fsp3) is 0.273. The molecule has 0 radical (unpaired) electrons. The lowest BCUT2D eigenvalue weighted by Crippen LogP contribution is -2.42. The maximum Gasteiger partial charge on any atom is 0.251 e. The van der Waals surface area contributed by atoms with Crippen molar-refractivity contribution >= 4 is 22.8 Å². The topological polar surface area (TPSA) is 90.5 Å². The molecule has 0 saturated heterocycles. The number of para-hydroxylation sites is 1. The third-order valence-electron chi connectivity index (χ3n) is 4.64. The molecule has 2 aromatic carbocycles. The Morgan fingerprint density at radius 1 is 1.00 bits per heavy atom. The van der Waals surface area contributed by atoms with E-state index in [0.717, 1.165) is 24.2 Å². The Hall–Kier alpha value is -3.48. The molecular weight excluding hydrogens is 366 g/mol. The first-order valence-corrected chi connectivity index (χ1v) is 9.63. The van der Waals surface area contributed by atoms with Crippen LogP contribution in [-0.2, 0) is 6.42 Å². The van der Waals surface area contributed by atoms with Crippen molar-refractivity contribution in [1.29, 1.82) is 0 Å². The van der Waals surface area contributed by atoms with Crippen LogP contribution in [0.25, 0.3) is 10.9 Å². The zero-order valence-electron chi connectivity index (χ0n) is 16.8. The Bertz CT molecular complexity index is 963. The highest BCUT2D eigenvalue weighted by Gasteiger charge is 2.06. The lowest BCUT2D eigenvalue weighted by atomic mass is 10.1. The molecule has 0 aliphatic heterocycles. The van der Waals surface area contributed by atoms with Gasteiger partial charge in [-0.3, -0.25) is 9.79 Å². The lowest BCUT2D eigenvalue weighted by Gasteiger charge is -2.12. The van der Waals surface area contributed by atoms with Gasteiger partial charge in [-0.1, -0.05) is 18.2 Å². The predicted molar refractivity (Wildman–Crippen MR) is 117 cm³/mol. The first-order chi connectivity index (χ1) is 14.2. The zero-order valence-corrected chi connectivity index (χ0v) is 16.8. The molecule has 0 fully saturated rings. The number of aliphatic imine (C=N–C) groups is 1. The number of amides is 1. The van der Waals surface area contributed by atoms with Gasteiger partial charge in [0.05, 0.1) is 7.11 Å². The van der Waals surface area contributed by atoms with Crippen molar-refractivity contribution in [3.05, 3.63) is 65.9 Å². The summed E-state index contributed by atoms with van der Waals surface area (Å²) in [5.41, 5.74) is 3.03. The summed E-state index contributed by atoms with van der Waals surface area (Å²) in [6.45, 7) is 1.84. The predicted octanol–water partition coefficient (Wildman–Crippen LogP) is 2.31. The quantitative estimate of drug-likeness (QED) is 0.269. The molecule has 3 aromatic rings. The van der Waals surface area contributed by atoms with E-state index in [-0.39, 0.29) is 5.91 Å². The maximum atomic E-state index is 12.1. The number of aromatic nitrogens is 1. The Morgan fingerprint density at radius 3 is 2.48 bits per heavy atom. The van der Waals surface area contributed by atoms with Crippen molar-refractivity contribution < 1.29 is 9.53 Å². The monoisotopic (exact) mass is 393 g/mol. The molecule has 0 spiro atoms. The molecule has 0 saturated carbocycles. The molecule has 0 unspecified atom stereocenters. The van der Waals surface area contributed by atoms with Crippen molar-refractivity contribution in [3.8, 4) is 5.75 Å². The fourth-order valence-electron chi connectivity index (χ4n) is 3.08. The van der Waals surface area contributed by atoms with Crippen LogP contribution in [0.3, 0.4) is 0 Å². The summed E-state index contributed by atoms with van der Waals surface area (Å²) in [6.07, 6.45) is 2.94. The number of nitrogens with one attached hydrogen (secondary N) is 4. The Balaban J connectivity index is 1.37. The number of nitrogens with zero attached hydrogens (tertiary/aromatic N) is 1. The van der Waals surface area contributed by atoms with Crippen molar-refractivity contribution in [2.24, 2.45) is 4.99 Å². The molecule has 0 bridgehead atoms. The van der Waals surface area contributed by atoms with Crippen LogP contribution in [0, 0.1) is 0 Å². The van der Waals surface area contributed by atoms with Gasteiger partial charge in [-0.05, 0) is 42.3 Å². The molecule has 152 valence electrons. The van der Waals surface area contributed by atoms with Crippen LogP contribution in [0.5, 0.6) is 5.75 Å².